The molecule has 0 unspecified atom stereocenters. The molecule has 2 N–H and O–H groups in total. The molecule has 2 aromatic rings. The number of para-hydroxylation sites is 1. The Hall–Kier alpha value is -3.42. The van der Waals surface area contributed by atoms with Crippen LogP contribution >= 0.6 is 0 Å². The molecule has 0 fully saturated rings. The van der Waals surface area contributed by atoms with Gasteiger partial charge in [-0.1, -0.05) is 18.2 Å². The highest BCUT2D eigenvalue weighted by Gasteiger charge is 2.13. The van der Waals surface area contributed by atoms with E-state index in [0.29, 0.717) is 11.3 Å². The van der Waals surface area contributed by atoms with E-state index in [1.165, 1.54) is 19.1 Å². The number of nitrogens with one attached hydrogen (secondary N) is 1. The zero-order valence-electron chi connectivity index (χ0n) is 14.6. The van der Waals surface area contributed by atoms with Crippen molar-refractivity contribution in [3.05, 3.63) is 62.7 Å². The van der Waals surface area contributed by atoms with Gasteiger partial charge >= 0.3 is 0 Å². The van der Waals surface area contributed by atoms with E-state index in [-0.39, 0.29) is 23.6 Å². The van der Waals surface area contributed by atoms with Crippen molar-refractivity contribution < 1.29 is 19.6 Å². The topological polar surface area (TPSA) is 114 Å². The number of carbonyl (C=O) groups is 1. The molecular formula is C18H19N3O5. The van der Waals surface area contributed by atoms with Crippen molar-refractivity contribution in [3.63, 3.8) is 0 Å². The van der Waals surface area contributed by atoms with Gasteiger partial charge in [0.2, 0.25) is 0 Å². The first kappa shape index (κ1) is 18.9. The third-order valence-electron chi connectivity index (χ3n) is 3.67. The summed E-state index contributed by atoms with van der Waals surface area (Å²) in [5, 5.41) is 24.5. The molecule has 0 saturated carbocycles. The van der Waals surface area contributed by atoms with Gasteiger partial charge < -0.3 is 9.84 Å². The standard InChI is InChI=1S/C18H19N3O5/c1-11-5-4-6-12(2)18(11)26-10-16(22)20-19-9-14-8-15(21(24)25)7-13(3)17(14)23/h4-9,23H,10H2,1-3H3,(H,20,22)/b19-9+. The summed E-state index contributed by atoms with van der Waals surface area (Å²) in [7, 11) is 0. The van der Waals surface area contributed by atoms with Gasteiger partial charge in [0.15, 0.2) is 6.61 Å². The van der Waals surface area contributed by atoms with Gasteiger partial charge in [-0.15, -0.1) is 0 Å². The monoisotopic (exact) mass is 357 g/mol. The average molecular weight is 357 g/mol. The molecule has 2 rings (SSSR count). The van der Waals surface area contributed by atoms with Crippen LogP contribution in [0.25, 0.3) is 0 Å². The summed E-state index contributed by atoms with van der Waals surface area (Å²) in [5.74, 6) is 0.00418. The summed E-state index contributed by atoms with van der Waals surface area (Å²) >= 11 is 0. The zero-order valence-corrected chi connectivity index (χ0v) is 14.6. The van der Waals surface area contributed by atoms with Crippen LogP contribution in [0.1, 0.15) is 22.3 Å². The summed E-state index contributed by atoms with van der Waals surface area (Å²) in [4.78, 5) is 22.1. The minimum Gasteiger partial charge on any atom is -0.507 e. The number of nitrogens with zero attached hydrogens (tertiary/aromatic N) is 2. The fraction of sp³-hybridized carbons (Fsp3) is 0.222. The van der Waals surface area contributed by atoms with E-state index >= 15 is 0 Å². The van der Waals surface area contributed by atoms with Crippen molar-refractivity contribution in [1.29, 1.82) is 0 Å². The molecule has 8 heteroatoms. The smallest absolute Gasteiger partial charge is 0.277 e. The number of rotatable bonds is 6. The van der Waals surface area contributed by atoms with Crippen LogP contribution in [-0.4, -0.2) is 28.8 Å². The molecule has 0 radical (unpaired) electrons. The van der Waals surface area contributed by atoms with E-state index < -0.39 is 10.8 Å². The zero-order chi connectivity index (χ0) is 19.3. The number of aryl methyl sites for hydroxylation is 3. The lowest BCUT2D eigenvalue weighted by Crippen LogP contribution is -2.25. The number of hydrogen-bond donors (Lipinski definition) is 2. The maximum Gasteiger partial charge on any atom is 0.277 e. The van der Waals surface area contributed by atoms with Gasteiger partial charge in [0.25, 0.3) is 11.6 Å². The third kappa shape index (κ3) is 4.56. The number of nitro benzene ring substituents is 1. The Kier molecular flexibility index (Phi) is 5.90. The molecule has 0 aliphatic rings. The Morgan fingerprint density at radius 3 is 2.54 bits per heavy atom. The fourth-order valence-corrected chi connectivity index (χ4v) is 2.36. The maximum absolute atomic E-state index is 11.8. The van der Waals surface area contributed by atoms with Crippen LogP contribution in [0.5, 0.6) is 11.5 Å². The summed E-state index contributed by atoms with van der Waals surface area (Å²) < 4.78 is 5.50. The predicted molar refractivity (Wildman–Crippen MR) is 96.6 cm³/mol. The van der Waals surface area contributed by atoms with Gasteiger partial charge in [0.05, 0.1) is 11.1 Å². The Morgan fingerprint density at radius 1 is 1.27 bits per heavy atom. The summed E-state index contributed by atoms with van der Waals surface area (Å²) in [6.45, 7) is 5.07. The van der Waals surface area contributed by atoms with Crippen molar-refractivity contribution in [1.82, 2.24) is 5.43 Å². The lowest BCUT2D eigenvalue weighted by Gasteiger charge is -2.10. The van der Waals surface area contributed by atoms with Crippen LogP contribution in [0.4, 0.5) is 5.69 Å². The Morgan fingerprint density at radius 2 is 1.92 bits per heavy atom. The number of hydrazone groups is 1. The molecule has 0 heterocycles. The van der Waals surface area contributed by atoms with Crippen LogP contribution in [0.15, 0.2) is 35.4 Å². The van der Waals surface area contributed by atoms with Crippen LogP contribution in [0.3, 0.4) is 0 Å². The van der Waals surface area contributed by atoms with Gasteiger partial charge in [-0.25, -0.2) is 5.43 Å². The van der Waals surface area contributed by atoms with Crippen molar-refractivity contribution in [3.8, 4) is 11.5 Å². The fourth-order valence-electron chi connectivity index (χ4n) is 2.36. The van der Waals surface area contributed by atoms with E-state index in [1.54, 1.807) is 0 Å². The minimum atomic E-state index is -0.569. The third-order valence-corrected chi connectivity index (χ3v) is 3.67. The van der Waals surface area contributed by atoms with Crippen molar-refractivity contribution in [2.24, 2.45) is 5.10 Å². The summed E-state index contributed by atoms with van der Waals surface area (Å²) in [6, 6.07) is 8.09. The van der Waals surface area contributed by atoms with Crippen molar-refractivity contribution in [2.75, 3.05) is 6.61 Å². The number of aromatic hydroxyl groups is 1. The number of non-ortho nitro benzene ring substituents is 1. The first-order valence-electron chi connectivity index (χ1n) is 7.78. The molecule has 0 bridgehead atoms. The normalized spacial score (nSPS) is 10.7. The Bertz CT molecular complexity index is 857. The second kappa shape index (κ2) is 8.11. The van der Waals surface area contributed by atoms with Gasteiger partial charge in [-0.3, -0.25) is 14.9 Å². The molecule has 0 saturated heterocycles. The van der Waals surface area contributed by atoms with Gasteiger partial charge in [0, 0.05) is 17.7 Å². The molecule has 26 heavy (non-hydrogen) atoms. The number of benzene rings is 2. The van der Waals surface area contributed by atoms with Gasteiger partial charge in [-0.2, -0.15) is 5.10 Å². The first-order valence-corrected chi connectivity index (χ1v) is 7.78. The van der Waals surface area contributed by atoms with E-state index in [2.05, 4.69) is 10.5 Å². The van der Waals surface area contributed by atoms with Gasteiger partial charge in [-0.05, 0) is 37.5 Å². The number of nitro groups is 1. The molecule has 136 valence electrons. The Labute approximate surface area is 150 Å². The molecule has 0 spiro atoms. The maximum atomic E-state index is 11.8. The van der Waals surface area contributed by atoms with Crippen molar-refractivity contribution in [2.45, 2.75) is 20.8 Å². The largest absolute Gasteiger partial charge is 0.507 e. The van der Waals surface area contributed by atoms with E-state index in [4.69, 9.17) is 4.74 Å². The van der Waals surface area contributed by atoms with Crippen LogP contribution in [0, 0.1) is 30.9 Å². The average Bonchev–Trinajstić information content (AvgIpc) is 2.57. The second-order valence-corrected chi connectivity index (χ2v) is 5.76. The summed E-state index contributed by atoms with van der Waals surface area (Å²) in [6.07, 6.45) is 1.15. The molecule has 0 aliphatic carbocycles. The number of carbonyl (C=O) groups excluding carboxylic acids is 1. The van der Waals surface area contributed by atoms with E-state index in [9.17, 15) is 20.0 Å². The van der Waals surface area contributed by atoms with Crippen LogP contribution in [0.2, 0.25) is 0 Å². The lowest BCUT2D eigenvalue weighted by atomic mass is 10.1. The molecule has 0 aromatic heterocycles. The number of ether oxygens (including phenoxy) is 1. The van der Waals surface area contributed by atoms with Crippen LogP contribution < -0.4 is 10.2 Å². The molecule has 0 atom stereocenters. The summed E-state index contributed by atoms with van der Waals surface area (Å²) in [5.41, 5.74) is 4.39. The van der Waals surface area contributed by atoms with Crippen LogP contribution in [-0.2, 0) is 4.79 Å². The molecule has 8 nitrogen and oxygen atoms in total. The Balaban J connectivity index is 2.00. The second-order valence-electron chi connectivity index (χ2n) is 5.76. The van der Waals surface area contributed by atoms with Gasteiger partial charge in [0.1, 0.15) is 11.5 Å². The number of amides is 1. The number of phenols is 1. The molecular weight excluding hydrogens is 338 g/mol. The molecule has 2 aromatic carbocycles. The number of phenolic OH excluding ortho intramolecular Hbond substituents is 1. The SMILES string of the molecule is Cc1cc([N+](=O)[O-])cc(/C=N/NC(=O)COc2c(C)cccc2C)c1O. The highest BCUT2D eigenvalue weighted by atomic mass is 16.6. The lowest BCUT2D eigenvalue weighted by molar-refractivity contribution is -0.384. The van der Waals surface area contributed by atoms with E-state index in [0.717, 1.165) is 17.3 Å². The quantitative estimate of drug-likeness (QED) is 0.469. The highest BCUT2D eigenvalue weighted by Crippen LogP contribution is 2.26. The molecule has 1 amide bonds. The minimum absolute atomic E-state index is 0.132. The van der Waals surface area contributed by atoms with E-state index in [1.807, 2.05) is 32.0 Å². The predicted octanol–water partition coefficient (Wildman–Crippen LogP) is 2.75. The first-order chi connectivity index (χ1) is 12.3. The highest BCUT2D eigenvalue weighted by molar-refractivity contribution is 5.87. The number of hydrogen-bond acceptors (Lipinski definition) is 6. The van der Waals surface area contributed by atoms with Crippen molar-refractivity contribution >= 4 is 17.8 Å². The molecule has 0 aliphatic heterocycles.